The van der Waals surface area contributed by atoms with Crippen LogP contribution < -0.4 is 0 Å². The van der Waals surface area contributed by atoms with Gasteiger partial charge in [-0.1, -0.05) is 11.6 Å². The molecule has 0 aliphatic carbocycles. The first-order valence-electron chi connectivity index (χ1n) is 3.14. The second-order valence-electron chi connectivity index (χ2n) is 2.12. The zero-order chi connectivity index (χ0) is 9.14. The third kappa shape index (κ3) is 1.87. The number of nitrogens with zero attached hydrogens (tertiary/aromatic N) is 1. The number of pyridine rings is 1. The van der Waals surface area contributed by atoms with Gasteiger partial charge in [-0.2, -0.15) is 16.2 Å². The number of rotatable bonds is 2. The molecule has 0 bridgehead atoms. The highest BCUT2D eigenvalue weighted by molar-refractivity contribution is 7.97. The van der Waals surface area contributed by atoms with Crippen molar-refractivity contribution in [3.8, 4) is 0 Å². The van der Waals surface area contributed by atoms with E-state index in [0.29, 0.717) is 5.75 Å². The van der Waals surface area contributed by atoms with E-state index in [1.54, 1.807) is 6.26 Å². The molecule has 5 heteroatoms. The van der Waals surface area contributed by atoms with Crippen molar-refractivity contribution >= 4 is 23.4 Å². The van der Waals surface area contributed by atoms with Gasteiger partial charge in [-0.25, -0.2) is 9.37 Å². The van der Waals surface area contributed by atoms with E-state index in [9.17, 15) is 8.78 Å². The Kier molecular flexibility index (Phi) is 3.29. The number of hydrogen-bond acceptors (Lipinski definition) is 2. The van der Waals surface area contributed by atoms with Crippen molar-refractivity contribution in [2.24, 2.45) is 0 Å². The minimum atomic E-state index is -0.698. The summed E-state index contributed by atoms with van der Waals surface area (Å²) in [4.78, 5) is 3.22. The van der Waals surface area contributed by atoms with E-state index in [4.69, 9.17) is 11.6 Å². The highest BCUT2D eigenvalue weighted by Gasteiger charge is 2.11. The van der Waals surface area contributed by atoms with Gasteiger partial charge in [-0.15, -0.1) is 0 Å². The molecule has 0 aliphatic rings. The van der Waals surface area contributed by atoms with Gasteiger partial charge in [0.15, 0.2) is 5.82 Å². The first-order chi connectivity index (χ1) is 5.66. The molecule has 0 spiro atoms. The molecule has 1 heterocycles. The standard InChI is InChI=1S/C7H6ClF2NS/c1-12-3-4-6(8)5(9)2-11-7(4)10/h2H,3H2,1H3. The lowest BCUT2D eigenvalue weighted by Gasteiger charge is -2.02. The molecule has 12 heavy (non-hydrogen) atoms. The fourth-order valence-electron chi connectivity index (χ4n) is 0.750. The Hall–Kier alpha value is -0.350. The predicted molar refractivity (Wildman–Crippen MR) is 46.4 cm³/mol. The fourth-order valence-corrected chi connectivity index (χ4v) is 1.57. The highest BCUT2D eigenvalue weighted by Crippen LogP contribution is 2.24. The van der Waals surface area contributed by atoms with Crippen LogP contribution in [0.15, 0.2) is 6.20 Å². The van der Waals surface area contributed by atoms with Gasteiger partial charge in [0.2, 0.25) is 5.95 Å². The normalized spacial score (nSPS) is 10.3. The Bertz CT molecular complexity index is 293. The molecule has 0 aliphatic heterocycles. The van der Waals surface area contributed by atoms with E-state index < -0.39 is 11.8 Å². The minimum Gasteiger partial charge on any atom is -0.225 e. The summed E-state index contributed by atoms with van der Waals surface area (Å²) in [6, 6.07) is 0. The van der Waals surface area contributed by atoms with Gasteiger partial charge in [0.1, 0.15) is 0 Å². The second kappa shape index (κ2) is 4.05. The van der Waals surface area contributed by atoms with Gasteiger partial charge in [0, 0.05) is 11.3 Å². The van der Waals surface area contributed by atoms with E-state index in [-0.39, 0.29) is 10.6 Å². The second-order valence-corrected chi connectivity index (χ2v) is 3.37. The summed E-state index contributed by atoms with van der Waals surface area (Å²) in [5.74, 6) is -1.05. The van der Waals surface area contributed by atoms with Crippen LogP contribution in [0.25, 0.3) is 0 Å². The molecule has 0 N–H and O–H groups in total. The van der Waals surface area contributed by atoms with Gasteiger partial charge in [-0.3, -0.25) is 0 Å². The number of thioether (sulfide) groups is 1. The van der Waals surface area contributed by atoms with Crippen molar-refractivity contribution in [2.75, 3.05) is 6.26 Å². The van der Waals surface area contributed by atoms with E-state index in [1.165, 1.54) is 11.8 Å². The van der Waals surface area contributed by atoms with Gasteiger partial charge in [0.25, 0.3) is 0 Å². The molecule has 1 aromatic heterocycles. The van der Waals surface area contributed by atoms with Crippen LogP contribution >= 0.6 is 23.4 Å². The fraction of sp³-hybridized carbons (Fsp3) is 0.286. The van der Waals surface area contributed by atoms with Crippen molar-refractivity contribution in [1.29, 1.82) is 0 Å². The van der Waals surface area contributed by atoms with Crippen molar-refractivity contribution in [2.45, 2.75) is 5.75 Å². The van der Waals surface area contributed by atoms with Crippen LogP contribution in [-0.4, -0.2) is 11.2 Å². The lowest BCUT2D eigenvalue weighted by Crippen LogP contribution is -1.95. The first kappa shape index (κ1) is 9.74. The lowest BCUT2D eigenvalue weighted by molar-refractivity contribution is 0.550. The van der Waals surface area contributed by atoms with Gasteiger partial charge < -0.3 is 0 Å². The molecule has 0 fully saturated rings. The highest BCUT2D eigenvalue weighted by atomic mass is 35.5. The van der Waals surface area contributed by atoms with Crippen LogP contribution in [0.1, 0.15) is 5.56 Å². The maximum Gasteiger partial charge on any atom is 0.218 e. The van der Waals surface area contributed by atoms with E-state index in [2.05, 4.69) is 4.98 Å². The molecule has 0 atom stereocenters. The van der Waals surface area contributed by atoms with Crippen LogP contribution in [0.3, 0.4) is 0 Å². The Morgan fingerprint density at radius 3 is 2.83 bits per heavy atom. The molecular weight excluding hydrogens is 204 g/mol. The lowest BCUT2D eigenvalue weighted by atomic mass is 10.3. The van der Waals surface area contributed by atoms with Crippen LogP contribution in [-0.2, 0) is 5.75 Å². The van der Waals surface area contributed by atoms with Crippen molar-refractivity contribution in [3.63, 3.8) is 0 Å². The van der Waals surface area contributed by atoms with Crippen molar-refractivity contribution in [3.05, 3.63) is 28.5 Å². The molecular formula is C7H6ClF2NS. The summed E-state index contributed by atoms with van der Waals surface area (Å²) in [6.07, 6.45) is 2.56. The molecule has 1 rings (SSSR count). The van der Waals surface area contributed by atoms with Crippen molar-refractivity contribution < 1.29 is 8.78 Å². The van der Waals surface area contributed by atoms with Crippen LogP contribution in [0.5, 0.6) is 0 Å². The monoisotopic (exact) mass is 209 g/mol. The van der Waals surface area contributed by atoms with Crippen LogP contribution in [0.2, 0.25) is 5.02 Å². The van der Waals surface area contributed by atoms with E-state index in [1.807, 2.05) is 0 Å². The molecule has 0 aromatic carbocycles. The molecule has 66 valence electrons. The number of halogens is 3. The zero-order valence-electron chi connectivity index (χ0n) is 6.27. The van der Waals surface area contributed by atoms with E-state index >= 15 is 0 Å². The van der Waals surface area contributed by atoms with Crippen molar-refractivity contribution in [1.82, 2.24) is 4.98 Å². The van der Waals surface area contributed by atoms with Crippen LogP contribution in [0.4, 0.5) is 8.78 Å². The molecule has 0 amide bonds. The molecule has 1 nitrogen and oxygen atoms in total. The maximum absolute atomic E-state index is 12.8. The summed E-state index contributed by atoms with van der Waals surface area (Å²) in [6.45, 7) is 0. The average Bonchev–Trinajstić information content (AvgIpc) is 2.06. The smallest absolute Gasteiger partial charge is 0.218 e. The third-order valence-corrected chi connectivity index (χ3v) is 2.29. The Balaban J connectivity index is 3.14. The maximum atomic E-state index is 12.8. The summed E-state index contributed by atoms with van der Waals surface area (Å²) in [7, 11) is 0. The quantitative estimate of drug-likeness (QED) is 0.695. The molecule has 0 saturated carbocycles. The Morgan fingerprint density at radius 2 is 2.25 bits per heavy atom. The zero-order valence-corrected chi connectivity index (χ0v) is 7.85. The number of aromatic nitrogens is 1. The number of hydrogen-bond donors (Lipinski definition) is 0. The summed E-state index contributed by atoms with van der Waals surface area (Å²) < 4.78 is 25.6. The SMILES string of the molecule is CSCc1c(F)ncc(F)c1Cl. The van der Waals surface area contributed by atoms with Crippen LogP contribution in [0, 0.1) is 11.8 Å². The molecule has 0 saturated heterocycles. The summed E-state index contributed by atoms with van der Waals surface area (Å²) >= 11 is 6.87. The first-order valence-corrected chi connectivity index (χ1v) is 4.91. The summed E-state index contributed by atoms with van der Waals surface area (Å²) in [5, 5.41) is -0.170. The van der Waals surface area contributed by atoms with Gasteiger partial charge in [0.05, 0.1) is 11.2 Å². The largest absolute Gasteiger partial charge is 0.225 e. The third-order valence-electron chi connectivity index (χ3n) is 1.30. The van der Waals surface area contributed by atoms with Gasteiger partial charge in [-0.05, 0) is 6.26 Å². The summed E-state index contributed by atoms with van der Waals surface area (Å²) in [5.41, 5.74) is 0.129. The Labute approximate surface area is 78.1 Å². The molecule has 0 unspecified atom stereocenters. The average molecular weight is 210 g/mol. The van der Waals surface area contributed by atoms with Gasteiger partial charge >= 0.3 is 0 Å². The topological polar surface area (TPSA) is 12.9 Å². The van der Waals surface area contributed by atoms with E-state index in [0.717, 1.165) is 6.20 Å². The minimum absolute atomic E-state index is 0.129. The predicted octanol–water partition coefficient (Wildman–Crippen LogP) is 2.88. The molecule has 1 aromatic rings. The Morgan fingerprint density at radius 1 is 1.58 bits per heavy atom. The molecule has 0 radical (unpaired) electrons.